The lowest BCUT2D eigenvalue weighted by molar-refractivity contribution is 0.626. The lowest BCUT2D eigenvalue weighted by Crippen LogP contribution is -2.05. The minimum atomic E-state index is -0.235. The molecule has 1 unspecified atom stereocenters. The normalized spacial score (nSPS) is 12.6. The Morgan fingerprint density at radius 3 is 2.68 bits per heavy atom. The third kappa shape index (κ3) is 2.89. The minimum Gasteiger partial charge on any atom is -0.348 e. The van der Waals surface area contributed by atoms with E-state index in [1.54, 1.807) is 6.20 Å². The summed E-state index contributed by atoms with van der Waals surface area (Å²) in [4.78, 5) is 7.72. The maximum absolute atomic E-state index is 13.4. The summed E-state index contributed by atoms with van der Waals surface area (Å²) in [7, 11) is 0. The van der Waals surface area contributed by atoms with E-state index in [1.165, 1.54) is 23.0 Å². The number of hydrogen-bond acceptors (Lipinski definition) is 1. The molecule has 0 saturated carbocycles. The first kappa shape index (κ1) is 16.1. The molecule has 5 heteroatoms. The zero-order valence-corrected chi connectivity index (χ0v) is 15.3. The molecule has 126 valence electrons. The van der Waals surface area contributed by atoms with Crippen molar-refractivity contribution in [1.29, 1.82) is 0 Å². The first-order valence-corrected chi connectivity index (χ1v) is 8.99. The number of hydrogen-bond donors (Lipinski definition) is 1. The van der Waals surface area contributed by atoms with Crippen LogP contribution in [0, 0.1) is 5.82 Å². The Kier molecular flexibility index (Phi) is 4.17. The van der Waals surface area contributed by atoms with E-state index < -0.39 is 0 Å². The number of nitrogens with one attached hydrogen (secondary N) is 1. The summed E-state index contributed by atoms with van der Waals surface area (Å²) >= 11 is 3.58. The van der Waals surface area contributed by atoms with Crippen LogP contribution in [-0.4, -0.2) is 14.5 Å². The van der Waals surface area contributed by atoms with Crippen LogP contribution in [0.25, 0.3) is 10.9 Å². The number of fused-ring (bicyclic) bond motifs is 1. The fourth-order valence-corrected chi connectivity index (χ4v) is 3.72. The van der Waals surface area contributed by atoms with Crippen LogP contribution in [0.1, 0.15) is 29.8 Å². The van der Waals surface area contributed by atoms with Gasteiger partial charge in [-0.1, -0.05) is 28.1 Å². The second-order valence-electron chi connectivity index (χ2n) is 5.99. The zero-order valence-electron chi connectivity index (χ0n) is 13.7. The van der Waals surface area contributed by atoms with Gasteiger partial charge in [-0.05, 0) is 48.4 Å². The van der Waals surface area contributed by atoms with Gasteiger partial charge in [0.2, 0.25) is 0 Å². The lowest BCUT2D eigenvalue weighted by atomic mass is 9.90. The highest BCUT2D eigenvalue weighted by atomic mass is 79.9. The first-order chi connectivity index (χ1) is 12.2. The molecule has 1 N–H and O–H groups in total. The van der Waals surface area contributed by atoms with E-state index in [9.17, 15) is 4.39 Å². The lowest BCUT2D eigenvalue weighted by Gasteiger charge is -2.15. The van der Waals surface area contributed by atoms with Gasteiger partial charge in [0.15, 0.2) is 0 Å². The van der Waals surface area contributed by atoms with E-state index in [0.717, 1.165) is 28.0 Å². The highest BCUT2D eigenvalue weighted by Crippen LogP contribution is 2.37. The smallest absolute Gasteiger partial charge is 0.123 e. The molecule has 2 aromatic heterocycles. The quantitative estimate of drug-likeness (QED) is 0.486. The molecule has 1 atom stereocenters. The van der Waals surface area contributed by atoms with Gasteiger partial charge in [-0.15, -0.1) is 0 Å². The van der Waals surface area contributed by atoms with E-state index in [2.05, 4.69) is 61.8 Å². The molecule has 4 rings (SSSR count). The second kappa shape index (κ2) is 6.48. The SMILES string of the molecule is CCn1cc(C(c2ccc(F)cc2)c2ncc[nH]2)c2cc(Br)ccc21. The van der Waals surface area contributed by atoms with Crippen LogP contribution < -0.4 is 0 Å². The number of H-pyrrole nitrogens is 1. The molecule has 3 nitrogen and oxygen atoms in total. The summed E-state index contributed by atoms with van der Waals surface area (Å²) in [5.74, 6) is 0.530. The van der Waals surface area contributed by atoms with Gasteiger partial charge in [0.05, 0.1) is 5.92 Å². The second-order valence-corrected chi connectivity index (χ2v) is 6.91. The molecule has 0 saturated heterocycles. The van der Waals surface area contributed by atoms with Crippen molar-refractivity contribution in [2.24, 2.45) is 0 Å². The van der Waals surface area contributed by atoms with Gasteiger partial charge in [-0.2, -0.15) is 0 Å². The zero-order chi connectivity index (χ0) is 17.4. The van der Waals surface area contributed by atoms with Crippen LogP contribution in [-0.2, 0) is 6.54 Å². The van der Waals surface area contributed by atoms with Crippen molar-refractivity contribution in [3.63, 3.8) is 0 Å². The largest absolute Gasteiger partial charge is 0.348 e. The van der Waals surface area contributed by atoms with E-state index in [-0.39, 0.29) is 11.7 Å². The molecule has 0 radical (unpaired) electrons. The molecule has 0 bridgehead atoms. The van der Waals surface area contributed by atoms with Gasteiger partial charge in [0.1, 0.15) is 11.6 Å². The summed E-state index contributed by atoms with van der Waals surface area (Å²) < 4.78 is 16.7. The Bertz CT molecular complexity index is 1000. The third-order valence-electron chi connectivity index (χ3n) is 4.52. The van der Waals surface area contributed by atoms with Gasteiger partial charge < -0.3 is 9.55 Å². The fraction of sp³-hybridized carbons (Fsp3) is 0.150. The summed E-state index contributed by atoms with van der Waals surface area (Å²) in [6, 6.07) is 13.0. The predicted molar refractivity (Wildman–Crippen MR) is 101 cm³/mol. The van der Waals surface area contributed by atoms with Crippen LogP contribution >= 0.6 is 15.9 Å². The van der Waals surface area contributed by atoms with Crippen LogP contribution in [0.2, 0.25) is 0 Å². The molecule has 0 aliphatic carbocycles. The summed E-state index contributed by atoms with van der Waals surface area (Å²) in [6.07, 6.45) is 5.75. The molecule has 0 aliphatic heterocycles. The number of aryl methyl sites for hydroxylation is 1. The molecule has 4 aromatic rings. The number of aromatic nitrogens is 3. The Morgan fingerprint density at radius 1 is 1.20 bits per heavy atom. The molecule has 0 spiro atoms. The van der Waals surface area contributed by atoms with Gasteiger partial charge in [-0.25, -0.2) is 9.37 Å². The van der Waals surface area contributed by atoms with Crippen LogP contribution in [0.15, 0.2) is 65.5 Å². The molecule has 2 heterocycles. The highest BCUT2D eigenvalue weighted by Gasteiger charge is 2.23. The molecule has 25 heavy (non-hydrogen) atoms. The molecule has 0 aliphatic rings. The minimum absolute atomic E-state index is 0.0831. The van der Waals surface area contributed by atoms with Gasteiger partial charge in [0, 0.05) is 40.5 Å². The van der Waals surface area contributed by atoms with Crippen LogP contribution in [0.5, 0.6) is 0 Å². The average molecular weight is 398 g/mol. The van der Waals surface area contributed by atoms with Crippen LogP contribution in [0.3, 0.4) is 0 Å². The Hall–Kier alpha value is -2.40. The first-order valence-electron chi connectivity index (χ1n) is 8.20. The third-order valence-corrected chi connectivity index (χ3v) is 5.02. The Labute approximate surface area is 153 Å². The van der Waals surface area contributed by atoms with Crippen LogP contribution in [0.4, 0.5) is 4.39 Å². The molecule has 0 amide bonds. The summed E-state index contributed by atoms with van der Waals surface area (Å²) in [5.41, 5.74) is 3.34. The highest BCUT2D eigenvalue weighted by molar-refractivity contribution is 9.10. The number of nitrogens with zero attached hydrogens (tertiary/aromatic N) is 2. The number of rotatable bonds is 4. The topological polar surface area (TPSA) is 33.6 Å². The maximum Gasteiger partial charge on any atom is 0.123 e. The number of imidazole rings is 1. The van der Waals surface area contributed by atoms with E-state index in [4.69, 9.17) is 0 Å². The van der Waals surface area contributed by atoms with Gasteiger partial charge >= 0.3 is 0 Å². The van der Waals surface area contributed by atoms with E-state index in [0.29, 0.717) is 0 Å². The molecular weight excluding hydrogens is 381 g/mol. The van der Waals surface area contributed by atoms with Crippen molar-refractivity contribution in [3.8, 4) is 0 Å². The van der Waals surface area contributed by atoms with Crippen molar-refractivity contribution in [2.45, 2.75) is 19.4 Å². The van der Waals surface area contributed by atoms with Crippen molar-refractivity contribution in [1.82, 2.24) is 14.5 Å². The summed E-state index contributed by atoms with van der Waals surface area (Å²) in [6.45, 7) is 3.01. The average Bonchev–Trinajstić information content (AvgIpc) is 3.25. The standard InChI is InChI=1S/C20H17BrFN3/c1-2-25-12-17(16-11-14(21)5-8-18(16)25)19(20-23-9-10-24-20)13-3-6-15(22)7-4-13/h3-12,19H,2H2,1H3,(H,23,24). The molecular formula is C20H17BrFN3. The van der Waals surface area contributed by atoms with Gasteiger partial charge in [0.25, 0.3) is 0 Å². The Balaban J connectivity index is 1.98. The van der Waals surface area contributed by atoms with E-state index in [1.807, 2.05) is 18.3 Å². The molecule has 0 fully saturated rings. The van der Waals surface area contributed by atoms with Crippen molar-refractivity contribution in [2.75, 3.05) is 0 Å². The maximum atomic E-state index is 13.4. The monoisotopic (exact) mass is 397 g/mol. The fourth-order valence-electron chi connectivity index (χ4n) is 3.36. The van der Waals surface area contributed by atoms with Crippen molar-refractivity contribution >= 4 is 26.8 Å². The van der Waals surface area contributed by atoms with Gasteiger partial charge in [-0.3, -0.25) is 0 Å². The summed E-state index contributed by atoms with van der Waals surface area (Å²) in [5, 5.41) is 1.17. The predicted octanol–water partition coefficient (Wildman–Crippen LogP) is 5.47. The number of benzene rings is 2. The number of aromatic amines is 1. The Morgan fingerprint density at radius 2 is 2.00 bits per heavy atom. The van der Waals surface area contributed by atoms with Crippen molar-refractivity contribution in [3.05, 3.63) is 88.3 Å². The number of halogens is 2. The van der Waals surface area contributed by atoms with E-state index >= 15 is 0 Å². The molecule has 2 aromatic carbocycles. The van der Waals surface area contributed by atoms with Crippen molar-refractivity contribution < 1.29 is 4.39 Å².